The standard InChI is InChI=1S/C13H16BrNO/c1-3-4-11(15)12-7-9-10(14)6-5-8(2)13(9)16-12/h5-7,11H,3-4,15H2,1-2H3. The minimum absolute atomic E-state index is 0.00343. The highest BCUT2D eigenvalue weighted by atomic mass is 79.9. The number of benzene rings is 1. The van der Waals surface area contributed by atoms with Crippen molar-refractivity contribution in [2.24, 2.45) is 5.73 Å². The Kier molecular flexibility index (Phi) is 3.36. The zero-order valence-electron chi connectivity index (χ0n) is 9.59. The maximum Gasteiger partial charge on any atom is 0.138 e. The maximum atomic E-state index is 6.06. The molecule has 3 heteroatoms. The van der Waals surface area contributed by atoms with Crippen LogP contribution in [0.15, 0.2) is 27.1 Å². The van der Waals surface area contributed by atoms with Crippen LogP contribution in [0.3, 0.4) is 0 Å². The first kappa shape index (κ1) is 11.7. The van der Waals surface area contributed by atoms with Crippen LogP contribution in [0.5, 0.6) is 0 Å². The lowest BCUT2D eigenvalue weighted by molar-refractivity contribution is 0.474. The number of fused-ring (bicyclic) bond motifs is 1. The van der Waals surface area contributed by atoms with Crippen molar-refractivity contribution in [3.8, 4) is 0 Å². The number of nitrogens with two attached hydrogens (primary N) is 1. The van der Waals surface area contributed by atoms with Crippen molar-refractivity contribution in [3.63, 3.8) is 0 Å². The third-order valence-corrected chi connectivity index (χ3v) is 3.50. The first-order chi connectivity index (χ1) is 7.63. The molecule has 2 N–H and O–H groups in total. The van der Waals surface area contributed by atoms with E-state index in [2.05, 4.69) is 22.9 Å². The van der Waals surface area contributed by atoms with Crippen LogP contribution in [-0.2, 0) is 0 Å². The van der Waals surface area contributed by atoms with E-state index >= 15 is 0 Å². The van der Waals surface area contributed by atoms with Crippen molar-refractivity contribution in [2.75, 3.05) is 0 Å². The van der Waals surface area contributed by atoms with E-state index in [0.717, 1.165) is 39.6 Å². The molecule has 86 valence electrons. The molecule has 0 spiro atoms. The SMILES string of the molecule is CCCC(N)c1cc2c(Br)ccc(C)c2o1. The first-order valence-electron chi connectivity index (χ1n) is 5.57. The molecule has 2 aromatic rings. The Morgan fingerprint density at radius 2 is 2.19 bits per heavy atom. The van der Waals surface area contributed by atoms with Gasteiger partial charge in [0.2, 0.25) is 0 Å². The molecule has 1 aromatic carbocycles. The van der Waals surface area contributed by atoms with Gasteiger partial charge in [-0.1, -0.05) is 35.3 Å². The Hall–Kier alpha value is -0.800. The molecule has 0 fully saturated rings. The number of furan rings is 1. The summed E-state index contributed by atoms with van der Waals surface area (Å²) >= 11 is 3.53. The third kappa shape index (κ3) is 2.02. The Balaban J connectivity index is 2.51. The molecule has 1 atom stereocenters. The lowest BCUT2D eigenvalue weighted by atomic mass is 10.1. The number of rotatable bonds is 3. The summed E-state index contributed by atoms with van der Waals surface area (Å²) in [5.41, 5.74) is 8.15. The summed E-state index contributed by atoms with van der Waals surface area (Å²) in [6.07, 6.45) is 2.02. The molecule has 0 aliphatic carbocycles. The number of aryl methyl sites for hydroxylation is 1. The van der Waals surface area contributed by atoms with Crippen molar-refractivity contribution in [1.82, 2.24) is 0 Å². The molecule has 1 heterocycles. The van der Waals surface area contributed by atoms with E-state index in [4.69, 9.17) is 10.2 Å². The van der Waals surface area contributed by atoms with Gasteiger partial charge < -0.3 is 10.2 Å². The van der Waals surface area contributed by atoms with Gasteiger partial charge in [0.05, 0.1) is 6.04 Å². The van der Waals surface area contributed by atoms with Crippen LogP contribution in [-0.4, -0.2) is 0 Å². The molecule has 0 bridgehead atoms. The Morgan fingerprint density at radius 3 is 2.81 bits per heavy atom. The normalized spacial score (nSPS) is 13.2. The van der Waals surface area contributed by atoms with Gasteiger partial charge in [0.15, 0.2) is 0 Å². The van der Waals surface area contributed by atoms with Crippen LogP contribution in [0.1, 0.15) is 37.1 Å². The van der Waals surface area contributed by atoms with Crippen LogP contribution >= 0.6 is 15.9 Å². The quantitative estimate of drug-likeness (QED) is 0.911. The molecule has 1 unspecified atom stereocenters. The van der Waals surface area contributed by atoms with Crippen LogP contribution in [0.25, 0.3) is 11.0 Å². The smallest absolute Gasteiger partial charge is 0.138 e. The van der Waals surface area contributed by atoms with Gasteiger partial charge in [-0.05, 0) is 31.0 Å². The molecule has 16 heavy (non-hydrogen) atoms. The fraction of sp³-hybridized carbons (Fsp3) is 0.385. The molecular formula is C13H16BrNO. The fourth-order valence-corrected chi connectivity index (χ4v) is 2.31. The summed E-state index contributed by atoms with van der Waals surface area (Å²) in [6.45, 7) is 4.18. The zero-order chi connectivity index (χ0) is 11.7. The highest BCUT2D eigenvalue weighted by molar-refractivity contribution is 9.10. The number of hydrogen-bond donors (Lipinski definition) is 1. The molecule has 0 aliphatic rings. The van der Waals surface area contributed by atoms with Gasteiger partial charge in [0.1, 0.15) is 11.3 Å². The summed E-state index contributed by atoms with van der Waals surface area (Å²) in [5.74, 6) is 0.881. The van der Waals surface area contributed by atoms with E-state index < -0.39 is 0 Å². The van der Waals surface area contributed by atoms with Crippen molar-refractivity contribution < 1.29 is 4.42 Å². The van der Waals surface area contributed by atoms with Crippen LogP contribution in [0.2, 0.25) is 0 Å². The second-order valence-electron chi connectivity index (χ2n) is 4.15. The van der Waals surface area contributed by atoms with Crippen LogP contribution < -0.4 is 5.73 Å². The van der Waals surface area contributed by atoms with E-state index in [9.17, 15) is 0 Å². The Labute approximate surface area is 104 Å². The van der Waals surface area contributed by atoms with E-state index in [0.29, 0.717) is 0 Å². The minimum atomic E-state index is 0.00343. The molecule has 0 saturated carbocycles. The van der Waals surface area contributed by atoms with Gasteiger partial charge in [-0.25, -0.2) is 0 Å². The summed E-state index contributed by atoms with van der Waals surface area (Å²) in [6, 6.07) is 6.14. The lowest BCUT2D eigenvalue weighted by Gasteiger charge is -2.05. The Bertz CT molecular complexity index is 465. The molecule has 2 rings (SSSR count). The van der Waals surface area contributed by atoms with E-state index in [-0.39, 0.29) is 6.04 Å². The van der Waals surface area contributed by atoms with Gasteiger partial charge in [0, 0.05) is 9.86 Å². The van der Waals surface area contributed by atoms with Gasteiger partial charge in [-0.3, -0.25) is 0 Å². The van der Waals surface area contributed by atoms with E-state index in [1.807, 2.05) is 25.1 Å². The second-order valence-corrected chi connectivity index (χ2v) is 5.01. The predicted octanol–water partition coefficient (Wildman–Crippen LogP) is 4.30. The van der Waals surface area contributed by atoms with Crippen LogP contribution in [0, 0.1) is 6.92 Å². The zero-order valence-corrected chi connectivity index (χ0v) is 11.2. The third-order valence-electron chi connectivity index (χ3n) is 2.81. The van der Waals surface area contributed by atoms with Crippen molar-refractivity contribution in [2.45, 2.75) is 32.7 Å². The molecule has 1 aromatic heterocycles. The van der Waals surface area contributed by atoms with Gasteiger partial charge >= 0.3 is 0 Å². The summed E-state index contributed by atoms with van der Waals surface area (Å²) in [5, 5.41) is 1.11. The maximum absolute atomic E-state index is 6.06. The lowest BCUT2D eigenvalue weighted by Crippen LogP contribution is -2.08. The van der Waals surface area contributed by atoms with Gasteiger partial charge in [-0.15, -0.1) is 0 Å². The highest BCUT2D eigenvalue weighted by Crippen LogP contribution is 2.32. The number of hydrogen-bond acceptors (Lipinski definition) is 2. The van der Waals surface area contributed by atoms with Crippen molar-refractivity contribution >= 4 is 26.9 Å². The van der Waals surface area contributed by atoms with E-state index in [1.54, 1.807) is 0 Å². The molecule has 0 aliphatic heterocycles. The van der Waals surface area contributed by atoms with Crippen molar-refractivity contribution in [1.29, 1.82) is 0 Å². The van der Waals surface area contributed by atoms with E-state index in [1.165, 1.54) is 0 Å². The predicted molar refractivity (Wildman–Crippen MR) is 70.5 cm³/mol. The largest absolute Gasteiger partial charge is 0.459 e. The average molecular weight is 282 g/mol. The highest BCUT2D eigenvalue weighted by Gasteiger charge is 2.13. The summed E-state index contributed by atoms with van der Waals surface area (Å²) in [4.78, 5) is 0. The van der Waals surface area contributed by atoms with Gasteiger partial charge in [0.25, 0.3) is 0 Å². The minimum Gasteiger partial charge on any atom is -0.459 e. The summed E-state index contributed by atoms with van der Waals surface area (Å²) in [7, 11) is 0. The molecular weight excluding hydrogens is 266 g/mol. The molecule has 2 nitrogen and oxygen atoms in total. The van der Waals surface area contributed by atoms with Crippen molar-refractivity contribution in [3.05, 3.63) is 34.0 Å². The molecule has 0 saturated heterocycles. The molecule has 0 amide bonds. The second kappa shape index (κ2) is 4.60. The first-order valence-corrected chi connectivity index (χ1v) is 6.37. The van der Waals surface area contributed by atoms with Crippen LogP contribution in [0.4, 0.5) is 0 Å². The summed E-state index contributed by atoms with van der Waals surface area (Å²) < 4.78 is 6.90. The molecule has 0 radical (unpaired) electrons. The Morgan fingerprint density at radius 1 is 1.44 bits per heavy atom. The monoisotopic (exact) mass is 281 g/mol. The fourth-order valence-electron chi connectivity index (χ4n) is 1.88. The number of halogens is 1. The average Bonchev–Trinajstić information content (AvgIpc) is 2.70. The van der Waals surface area contributed by atoms with Gasteiger partial charge in [-0.2, -0.15) is 0 Å². The topological polar surface area (TPSA) is 39.2 Å².